The van der Waals surface area contributed by atoms with Crippen LogP contribution in [-0.2, 0) is 12.8 Å². The van der Waals surface area contributed by atoms with E-state index in [9.17, 15) is 9.59 Å². The van der Waals surface area contributed by atoms with Gasteiger partial charge in [0.25, 0.3) is 11.5 Å². The maximum absolute atomic E-state index is 13.0. The molecule has 5 rings (SSSR count). The van der Waals surface area contributed by atoms with Gasteiger partial charge < -0.3 is 4.57 Å². The predicted molar refractivity (Wildman–Crippen MR) is 133 cm³/mol. The van der Waals surface area contributed by atoms with E-state index in [-0.39, 0.29) is 22.0 Å². The molecule has 1 aromatic carbocycles. The Kier molecular flexibility index (Phi) is 5.90. The number of fused-ring (bicyclic) bond motifs is 2. The van der Waals surface area contributed by atoms with Crippen LogP contribution in [0.4, 0.5) is 5.13 Å². The van der Waals surface area contributed by atoms with E-state index >= 15 is 0 Å². The third-order valence-electron chi connectivity index (χ3n) is 5.13. The van der Waals surface area contributed by atoms with Crippen LogP contribution in [0, 0.1) is 5.41 Å². The minimum absolute atomic E-state index is 0.0326. The van der Waals surface area contributed by atoms with E-state index in [0.29, 0.717) is 31.5 Å². The Bertz CT molecular complexity index is 1690. The van der Waals surface area contributed by atoms with Gasteiger partial charge in [0.05, 0.1) is 10.9 Å². The van der Waals surface area contributed by atoms with Crippen molar-refractivity contribution in [2.45, 2.75) is 10.1 Å². The second kappa shape index (κ2) is 9.01. The molecule has 9 nitrogen and oxygen atoms in total. The summed E-state index contributed by atoms with van der Waals surface area (Å²) in [6, 6.07) is 14.2. The number of anilines is 1. The van der Waals surface area contributed by atoms with Gasteiger partial charge in [0.1, 0.15) is 16.8 Å². The number of nitrogens with zero attached hydrogens (tertiary/aromatic N) is 5. The van der Waals surface area contributed by atoms with Gasteiger partial charge in [0.2, 0.25) is 5.13 Å². The molecule has 2 N–H and O–H groups in total. The van der Waals surface area contributed by atoms with Crippen molar-refractivity contribution < 1.29 is 4.79 Å². The van der Waals surface area contributed by atoms with Gasteiger partial charge in [0.15, 0.2) is 4.34 Å². The lowest BCUT2D eigenvalue weighted by Crippen LogP contribution is -2.30. The number of halogens is 1. The monoisotopic (exact) mass is 509 g/mol. The standard InChI is InChI=1S/C22H16ClN7O2S2/c1-29-17(24)13(10-14-18(29)25-16-8-4-5-9-30(16)20(14)32)19(31)26-21-27-28-22(34-21)33-11-12-6-2-3-7-15(12)23/h2-10,24H,11H2,1H3,(H,26,27,31). The molecule has 170 valence electrons. The minimum atomic E-state index is -0.557. The average Bonchev–Trinajstić information content (AvgIpc) is 3.28. The smallest absolute Gasteiger partial charge is 0.267 e. The molecule has 0 aliphatic rings. The van der Waals surface area contributed by atoms with Crippen molar-refractivity contribution in [2.75, 3.05) is 5.32 Å². The molecule has 4 heterocycles. The first-order valence-corrected chi connectivity index (χ1v) is 12.2. The van der Waals surface area contributed by atoms with Crippen LogP contribution in [0.3, 0.4) is 0 Å². The number of thioether (sulfide) groups is 1. The Morgan fingerprint density at radius 2 is 2.00 bits per heavy atom. The first-order valence-electron chi connectivity index (χ1n) is 9.99. The largest absolute Gasteiger partial charge is 0.313 e. The number of pyridine rings is 2. The fourth-order valence-corrected chi connectivity index (χ4v) is 5.42. The lowest BCUT2D eigenvalue weighted by Gasteiger charge is -2.10. The van der Waals surface area contributed by atoms with Gasteiger partial charge >= 0.3 is 0 Å². The fourth-order valence-electron chi connectivity index (χ4n) is 3.38. The molecule has 12 heteroatoms. The molecular weight excluding hydrogens is 494 g/mol. The first kappa shape index (κ1) is 22.3. The predicted octanol–water partition coefficient (Wildman–Crippen LogP) is 3.72. The zero-order valence-electron chi connectivity index (χ0n) is 17.7. The van der Waals surface area contributed by atoms with Gasteiger partial charge in [-0.1, -0.05) is 59.0 Å². The summed E-state index contributed by atoms with van der Waals surface area (Å²) in [4.78, 5) is 30.4. The highest BCUT2D eigenvalue weighted by Gasteiger charge is 2.18. The Labute approximate surface area is 205 Å². The number of rotatable bonds is 5. The Hall–Kier alpha value is -3.54. The fraction of sp³-hybridized carbons (Fsp3) is 0.0909. The van der Waals surface area contributed by atoms with Gasteiger partial charge in [-0.3, -0.25) is 24.7 Å². The second-order valence-corrected chi connectivity index (χ2v) is 9.86. The van der Waals surface area contributed by atoms with Crippen LogP contribution in [0.5, 0.6) is 0 Å². The summed E-state index contributed by atoms with van der Waals surface area (Å²) in [6.45, 7) is 0. The summed E-state index contributed by atoms with van der Waals surface area (Å²) >= 11 is 8.87. The van der Waals surface area contributed by atoms with Crippen molar-refractivity contribution in [3.8, 4) is 0 Å². The summed E-state index contributed by atoms with van der Waals surface area (Å²) in [5.74, 6) is 0.0590. The topological polar surface area (TPSA) is 118 Å². The number of carbonyl (C=O) groups excluding carboxylic acids is 1. The van der Waals surface area contributed by atoms with Gasteiger partial charge in [-0.15, -0.1) is 10.2 Å². The summed E-state index contributed by atoms with van der Waals surface area (Å²) in [5.41, 5.74) is 1.40. The van der Waals surface area contributed by atoms with Crippen LogP contribution < -0.4 is 16.4 Å². The SMILES string of the molecule is Cn1c(=N)c(C(=O)Nc2nnc(SCc3ccccc3Cl)s2)cc2c(=O)n3ccccc3nc21. The minimum Gasteiger partial charge on any atom is -0.313 e. The number of nitrogens with one attached hydrogen (secondary N) is 2. The van der Waals surface area contributed by atoms with E-state index in [4.69, 9.17) is 17.0 Å². The number of hydrogen-bond acceptors (Lipinski definition) is 8. The zero-order chi connectivity index (χ0) is 23.8. The van der Waals surface area contributed by atoms with E-state index < -0.39 is 5.91 Å². The van der Waals surface area contributed by atoms with Gasteiger partial charge in [0, 0.05) is 24.0 Å². The number of benzene rings is 1. The quantitative estimate of drug-likeness (QED) is 0.212. The Balaban J connectivity index is 1.42. The van der Waals surface area contributed by atoms with Crippen molar-refractivity contribution in [3.05, 3.63) is 86.7 Å². The molecule has 0 bridgehead atoms. The molecule has 0 saturated carbocycles. The van der Waals surface area contributed by atoms with Crippen molar-refractivity contribution in [3.63, 3.8) is 0 Å². The molecule has 1 amide bonds. The average molecular weight is 510 g/mol. The highest BCUT2D eigenvalue weighted by Crippen LogP contribution is 2.30. The van der Waals surface area contributed by atoms with E-state index in [1.165, 1.54) is 38.1 Å². The normalized spacial score (nSPS) is 11.2. The third kappa shape index (κ3) is 4.09. The summed E-state index contributed by atoms with van der Waals surface area (Å²) in [7, 11) is 1.60. The van der Waals surface area contributed by atoms with Crippen molar-refractivity contribution in [2.24, 2.45) is 7.05 Å². The zero-order valence-corrected chi connectivity index (χ0v) is 20.0. The van der Waals surface area contributed by atoms with E-state index in [2.05, 4.69) is 20.5 Å². The molecule has 0 aliphatic carbocycles. The summed E-state index contributed by atoms with van der Waals surface area (Å²) in [5, 5.41) is 20.5. The van der Waals surface area contributed by atoms with Crippen molar-refractivity contribution in [1.29, 1.82) is 5.41 Å². The number of amides is 1. The summed E-state index contributed by atoms with van der Waals surface area (Å²) in [6.07, 6.45) is 1.61. The number of carbonyl (C=O) groups is 1. The molecule has 5 aromatic rings. The molecule has 0 aliphatic heterocycles. The molecule has 4 aromatic heterocycles. The number of aromatic nitrogens is 5. The Morgan fingerprint density at radius 1 is 1.21 bits per heavy atom. The first-order chi connectivity index (χ1) is 16.4. The van der Waals surface area contributed by atoms with Crippen molar-refractivity contribution >= 4 is 62.4 Å². The lowest BCUT2D eigenvalue weighted by atomic mass is 10.2. The van der Waals surface area contributed by atoms with Gasteiger partial charge in [-0.05, 0) is 29.8 Å². The van der Waals surface area contributed by atoms with Gasteiger partial charge in [-0.2, -0.15) is 0 Å². The van der Waals surface area contributed by atoms with Crippen LogP contribution in [-0.4, -0.2) is 30.1 Å². The van der Waals surface area contributed by atoms with Crippen molar-refractivity contribution in [1.82, 2.24) is 24.1 Å². The molecule has 0 radical (unpaired) electrons. The summed E-state index contributed by atoms with van der Waals surface area (Å²) < 4.78 is 3.49. The van der Waals surface area contributed by atoms with E-state index in [1.54, 1.807) is 31.4 Å². The van der Waals surface area contributed by atoms with E-state index in [1.807, 2.05) is 24.3 Å². The van der Waals surface area contributed by atoms with Crippen LogP contribution in [0.1, 0.15) is 15.9 Å². The van der Waals surface area contributed by atoms with Crippen LogP contribution >= 0.6 is 34.7 Å². The highest BCUT2D eigenvalue weighted by atomic mass is 35.5. The number of aryl methyl sites for hydroxylation is 1. The molecule has 34 heavy (non-hydrogen) atoms. The molecule has 0 spiro atoms. The van der Waals surface area contributed by atoms with Crippen LogP contribution in [0.15, 0.2) is 63.9 Å². The number of hydrogen-bond donors (Lipinski definition) is 2. The molecule has 0 saturated heterocycles. The molecule has 0 atom stereocenters. The van der Waals surface area contributed by atoms with Crippen LogP contribution in [0.2, 0.25) is 5.02 Å². The third-order valence-corrected chi connectivity index (χ3v) is 7.52. The van der Waals surface area contributed by atoms with Gasteiger partial charge in [-0.25, -0.2) is 4.98 Å². The molecule has 0 unspecified atom stereocenters. The Morgan fingerprint density at radius 3 is 2.82 bits per heavy atom. The molecular formula is C22H16ClN7O2S2. The van der Waals surface area contributed by atoms with Crippen LogP contribution in [0.25, 0.3) is 16.7 Å². The molecule has 0 fully saturated rings. The second-order valence-electron chi connectivity index (χ2n) is 7.26. The maximum atomic E-state index is 13.0. The highest BCUT2D eigenvalue weighted by molar-refractivity contribution is 8.00. The van der Waals surface area contributed by atoms with E-state index in [0.717, 1.165) is 5.56 Å². The maximum Gasteiger partial charge on any atom is 0.267 e. The lowest BCUT2D eigenvalue weighted by molar-refractivity contribution is 0.102.